The molecule has 0 aliphatic carbocycles. The molecule has 0 bridgehead atoms. The minimum atomic E-state index is -1.23. The number of likely N-dealkylation sites (tertiary alicyclic amines) is 5. The van der Waals surface area contributed by atoms with Gasteiger partial charge in [-0.1, -0.05) is 0 Å². The number of carbonyl (C=O) groups excluding carboxylic acids is 7. The summed E-state index contributed by atoms with van der Waals surface area (Å²) in [5.41, 5.74) is 21.8. The number of hydrogen-bond donors (Lipinski definition) is 8. The first kappa shape index (κ1) is 48.7. The molecule has 0 aromatic heterocycles. The molecule has 0 aromatic carbocycles. The van der Waals surface area contributed by atoms with Gasteiger partial charge in [-0.3, -0.25) is 43.5 Å². The van der Waals surface area contributed by atoms with E-state index in [1.54, 1.807) is 4.90 Å². The maximum atomic E-state index is 14.5. The van der Waals surface area contributed by atoms with Crippen LogP contribution in [-0.4, -0.2) is 190 Å². The number of aliphatic imine (C=N–C) groups is 2. The van der Waals surface area contributed by atoms with Crippen molar-refractivity contribution < 1.29 is 43.5 Å². The molecule has 6 aliphatic rings. The van der Waals surface area contributed by atoms with E-state index in [4.69, 9.17) is 22.9 Å². The Labute approximate surface area is 378 Å². The fourth-order valence-corrected chi connectivity index (χ4v) is 10.4. The molecule has 0 unspecified atom stereocenters. The van der Waals surface area contributed by atoms with Crippen molar-refractivity contribution in [1.82, 2.24) is 40.4 Å². The molecular formula is C42H68N14O9. The standard InChI is InChI=1S/C42H68N14O9/c43-41(44)48-18-2-10-26(50-33(57)28-12-4-20-52(28)35(59)25-9-1-17-47-25)36(60)54-22-6-14-30(54)38(62)56-24-8-16-32(56)39(63)55-23-7-15-31(55)37(61)53-21-5-13-29(53)34(58)51-27(40(64)65)11-3-19-49-42(45)46/h25-32,47H,1-24H2,(H,50,57)(H,51,58)(H,64,65)(H4,43,44,48)(H4,45,46,49)/t25-,26-,27-,28-,29-,30-,31-,32-/m0/s1. The maximum absolute atomic E-state index is 14.5. The van der Waals surface area contributed by atoms with Gasteiger partial charge in [0, 0.05) is 45.8 Å². The SMILES string of the molecule is NC(N)=NCCC[C@H](NC(=O)[C@@H]1CCCN1C(=O)[C@@H]1CCCN1C(=O)[C@@H]1CCCN1C(=O)[C@@H]1CCCN1C(=O)[C@H](CCCN=C(N)N)NC(=O)[C@@H]1CCCN1C(=O)[C@@H]1CCCN1)C(=O)O. The first-order chi connectivity index (χ1) is 31.2. The Balaban J connectivity index is 1.10. The number of guanidine groups is 2. The number of nitrogens with zero attached hydrogens (tertiary/aromatic N) is 7. The van der Waals surface area contributed by atoms with Gasteiger partial charge in [0.25, 0.3) is 0 Å². The van der Waals surface area contributed by atoms with Crippen LogP contribution < -0.4 is 38.9 Å². The van der Waals surface area contributed by atoms with Crippen LogP contribution in [-0.2, 0) is 38.4 Å². The highest BCUT2D eigenvalue weighted by Gasteiger charge is 2.49. The topological polar surface area (TPSA) is 338 Å². The van der Waals surface area contributed by atoms with E-state index in [1.165, 1.54) is 19.6 Å². The first-order valence-electron chi connectivity index (χ1n) is 23.4. The lowest BCUT2D eigenvalue weighted by molar-refractivity contribution is -0.153. The van der Waals surface area contributed by atoms with E-state index in [2.05, 4.69) is 25.9 Å². The fraction of sp³-hybridized carbons (Fsp3) is 0.762. The minimum Gasteiger partial charge on any atom is -0.480 e. The van der Waals surface area contributed by atoms with Crippen LogP contribution in [0.25, 0.3) is 0 Å². The average Bonchev–Trinajstić information content (AvgIpc) is 4.14. The second-order valence-corrected chi connectivity index (χ2v) is 18.0. The lowest BCUT2D eigenvalue weighted by Crippen LogP contribution is -2.59. The van der Waals surface area contributed by atoms with Gasteiger partial charge in [-0.05, 0) is 109 Å². The van der Waals surface area contributed by atoms with Crippen LogP contribution in [0.2, 0.25) is 0 Å². The number of nitrogens with one attached hydrogen (secondary N) is 3. The molecule has 0 radical (unpaired) electrons. The van der Waals surface area contributed by atoms with Crippen molar-refractivity contribution >= 4 is 59.2 Å². The molecular weight excluding hydrogens is 845 g/mol. The molecule has 23 heteroatoms. The Bertz CT molecular complexity index is 1850. The number of carboxylic acids is 1. The normalized spacial score (nSPS) is 26.2. The Hall–Kier alpha value is -5.74. The lowest BCUT2D eigenvalue weighted by atomic mass is 10.1. The molecule has 0 aromatic rings. The Morgan fingerprint density at radius 3 is 1.34 bits per heavy atom. The van der Waals surface area contributed by atoms with Crippen molar-refractivity contribution in [2.24, 2.45) is 32.9 Å². The number of amides is 7. The Morgan fingerprint density at radius 2 is 0.908 bits per heavy atom. The van der Waals surface area contributed by atoms with E-state index in [1.807, 2.05) is 0 Å². The first-order valence-corrected chi connectivity index (χ1v) is 23.4. The molecule has 12 N–H and O–H groups in total. The number of carboxylic acid groups (broad SMARTS) is 1. The van der Waals surface area contributed by atoms with E-state index in [0.29, 0.717) is 90.0 Å². The van der Waals surface area contributed by atoms with Gasteiger partial charge >= 0.3 is 5.97 Å². The molecule has 6 fully saturated rings. The summed E-state index contributed by atoms with van der Waals surface area (Å²) in [5.74, 6) is -4.19. The summed E-state index contributed by atoms with van der Waals surface area (Å²) in [6.07, 6.45) is 7.15. The maximum Gasteiger partial charge on any atom is 0.326 e. The van der Waals surface area contributed by atoms with Crippen molar-refractivity contribution in [1.29, 1.82) is 0 Å². The molecule has 6 rings (SSSR count). The van der Waals surface area contributed by atoms with Gasteiger partial charge in [-0.2, -0.15) is 0 Å². The number of carbonyl (C=O) groups is 8. The van der Waals surface area contributed by atoms with E-state index >= 15 is 0 Å². The predicted octanol–water partition coefficient (Wildman–Crippen LogP) is -3.15. The van der Waals surface area contributed by atoms with Crippen LogP contribution in [0.1, 0.15) is 103 Å². The zero-order valence-electron chi connectivity index (χ0n) is 37.2. The van der Waals surface area contributed by atoms with Crippen LogP contribution >= 0.6 is 0 Å². The minimum absolute atomic E-state index is 0.0751. The van der Waals surface area contributed by atoms with Gasteiger partial charge in [0.05, 0.1) is 6.04 Å². The van der Waals surface area contributed by atoms with Gasteiger partial charge in [0.2, 0.25) is 41.4 Å². The van der Waals surface area contributed by atoms with Crippen LogP contribution in [0.15, 0.2) is 9.98 Å². The quantitative estimate of drug-likeness (QED) is 0.0383. The van der Waals surface area contributed by atoms with E-state index in [0.717, 1.165) is 13.0 Å². The van der Waals surface area contributed by atoms with Gasteiger partial charge in [-0.15, -0.1) is 0 Å². The van der Waals surface area contributed by atoms with Crippen LogP contribution in [0.3, 0.4) is 0 Å². The van der Waals surface area contributed by atoms with Crippen molar-refractivity contribution in [3.05, 3.63) is 0 Å². The van der Waals surface area contributed by atoms with Crippen LogP contribution in [0.4, 0.5) is 0 Å². The summed E-state index contributed by atoms with van der Waals surface area (Å²) in [7, 11) is 0. The average molecular weight is 913 g/mol. The zero-order valence-corrected chi connectivity index (χ0v) is 37.2. The molecule has 23 nitrogen and oxygen atoms in total. The monoisotopic (exact) mass is 913 g/mol. The Kier molecular flexibility index (Phi) is 16.8. The molecule has 6 heterocycles. The smallest absolute Gasteiger partial charge is 0.326 e. The summed E-state index contributed by atoms with van der Waals surface area (Å²) < 4.78 is 0. The highest BCUT2D eigenvalue weighted by molar-refractivity contribution is 5.98. The lowest BCUT2D eigenvalue weighted by Gasteiger charge is -2.36. The highest BCUT2D eigenvalue weighted by atomic mass is 16.4. The third-order valence-corrected chi connectivity index (χ3v) is 13.6. The third-order valence-electron chi connectivity index (χ3n) is 13.6. The van der Waals surface area contributed by atoms with Crippen LogP contribution in [0, 0.1) is 0 Å². The summed E-state index contributed by atoms with van der Waals surface area (Å²) >= 11 is 0. The largest absolute Gasteiger partial charge is 0.480 e. The predicted molar refractivity (Wildman–Crippen MR) is 236 cm³/mol. The molecule has 0 spiro atoms. The third kappa shape index (κ3) is 11.8. The van der Waals surface area contributed by atoms with Crippen molar-refractivity contribution in [3.63, 3.8) is 0 Å². The summed E-state index contributed by atoms with van der Waals surface area (Å²) in [6.45, 7) is 2.68. The molecule has 7 amide bonds. The second-order valence-electron chi connectivity index (χ2n) is 18.0. The highest BCUT2D eigenvalue weighted by Crippen LogP contribution is 2.31. The van der Waals surface area contributed by atoms with E-state index in [-0.39, 0.29) is 87.8 Å². The Morgan fingerprint density at radius 1 is 0.523 bits per heavy atom. The molecule has 65 heavy (non-hydrogen) atoms. The van der Waals surface area contributed by atoms with Crippen molar-refractivity contribution in [2.75, 3.05) is 52.4 Å². The number of rotatable bonds is 18. The van der Waals surface area contributed by atoms with Gasteiger partial charge < -0.3 is 68.5 Å². The van der Waals surface area contributed by atoms with Gasteiger partial charge in [0.1, 0.15) is 42.3 Å². The van der Waals surface area contributed by atoms with Crippen LogP contribution in [0.5, 0.6) is 0 Å². The summed E-state index contributed by atoms with van der Waals surface area (Å²) in [6, 6.07) is -6.84. The molecule has 360 valence electrons. The number of aliphatic carboxylic acids is 1. The molecule has 0 saturated carbocycles. The number of hydrogen-bond acceptors (Lipinski definition) is 11. The van der Waals surface area contributed by atoms with Gasteiger partial charge in [0.15, 0.2) is 11.9 Å². The molecule has 6 saturated heterocycles. The molecule has 6 aliphatic heterocycles. The van der Waals surface area contributed by atoms with Gasteiger partial charge in [-0.25, -0.2) is 4.79 Å². The summed E-state index contributed by atoms with van der Waals surface area (Å²) in [4.78, 5) is 126. The van der Waals surface area contributed by atoms with E-state index in [9.17, 15) is 43.5 Å². The summed E-state index contributed by atoms with van der Waals surface area (Å²) in [5, 5.41) is 18.5. The molecule has 8 atom stereocenters. The second kappa shape index (κ2) is 22.4. The van der Waals surface area contributed by atoms with Crippen molar-refractivity contribution in [2.45, 2.75) is 151 Å². The zero-order chi connectivity index (χ0) is 46.8. The van der Waals surface area contributed by atoms with E-state index < -0.39 is 71.9 Å². The number of nitrogens with two attached hydrogens (primary N) is 4. The van der Waals surface area contributed by atoms with Crippen molar-refractivity contribution in [3.8, 4) is 0 Å². The fourth-order valence-electron chi connectivity index (χ4n) is 10.4.